The van der Waals surface area contributed by atoms with Crippen LogP contribution in [0, 0.1) is 0 Å². The summed E-state index contributed by atoms with van der Waals surface area (Å²) in [6.45, 7) is 0. The van der Waals surface area contributed by atoms with Crippen molar-refractivity contribution in [3.8, 4) is 22.8 Å². The number of nitrogens with one attached hydrogen (secondary N) is 1. The van der Waals surface area contributed by atoms with Gasteiger partial charge in [0.15, 0.2) is 11.0 Å². The van der Waals surface area contributed by atoms with E-state index in [4.69, 9.17) is 4.52 Å². The summed E-state index contributed by atoms with van der Waals surface area (Å²) in [4.78, 5) is 7.84. The molecule has 1 fully saturated rings. The molecule has 1 aromatic carbocycles. The van der Waals surface area contributed by atoms with Gasteiger partial charge >= 0.3 is 0 Å². The van der Waals surface area contributed by atoms with Gasteiger partial charge in [0.05, 0.1) is 5.75 Å². The normalized spacial score (nSPS) is 14.1. The summed E-state index contributed by atoms with van der Waals surface area (Å²) in [6.07, 6.45) is 4.33. The number of nitrogens with zero attached hydrogens (tertiary/aromatic N) is 5. The highest BCUT2D eigenvalue weighted by Crippen LogP contribution is 2.42. The summed E-state index contributed by atoms with van der Waals surface area (Å²) in [6, 6.07) is 10.7. The molecule has 4 heterocycles. The summed E-state index contributed by atoms with van der Waals surface area (Å²) in [5.41, 5.74) is 3.18. The molecule has 1 aliphatic carbocycles. The first-order valence-corrected chi connectivity index (χ1v) is 11.3. The first kappa shape index (κ1) is 17.0. The van der Waals surface area contributed by atoms with Gasteiger partial charge in [-0.05, 0) is 30.4 Å². The van der Waals surface area contributed by atoms with Gasteiger partial charge in [0, 0.05) is 39.6 Å². The van der Waals surface area contributed by atoms with Gasteiger partial charge in [-0.15, -0.1) is 10.2 Å². The van der Waals surface area contributed by atoms with Gasteiger partial charge in [-0.3, -0.25) is 4.57 Å². The number of para-hydroxylation sites is 1. The number of aromatic nitrogens is 6. The molecule has 5 aromatic rings. The lowest BCUT2D eigenvalue weighted by Crippen LogP contribution is -1.99. The van der Waals surface area contributed by atoms with E-state index in [2.05, 4.69) is 42.0 Å². The van der Waals surface area contributed by atoms with Crippen molar-refractivity contribution in [1.29, 1.82) is 0 Å². The predicted molar refractivity (Wildman–Crippen MR) is 113 cm³/mol. The van der Waals surface area contributed by atoms with Crippen molar-refractivity contribution in [1.82, 2.24) is 29.9 Å². The maximum absolute atomic E-state index is 5.42. The third kappa shape index (κ3) is 3.06. The lowest BCUT2D eigenvalue weighted by Gasteiger charge is -2.07. The minimum absolute atomic E-state index is 0.459. The van der Waals surface area contributed by atoms with E-state index in [0.29, 0.717) is 23.5 Å². The van der Waals surface area contributed by atoms with Crippen LogP contribution < -0.4 is 0 Å². The van der Waals surface area contributed by atoms with E-state index < -0.39 is 0 Å². The quantitative estimate of drug-likeness (QED) is 0.382. The number of rotatable bonds is 6. The molecule has 7 nitrogen and oxygen atoms in total. The van der Waals surface area contributed by atoms with E-state index in [1.807, 2.05) is 35.2 Å². The molecule has 144 valence electrons. The number of aromatic amines is 1. The van der Waals surface area contributed by atoms with Crippen LogP contribution in [-0.4, -0.2) is 29.9 Å². The van der Waals surface area contributed by atoms with Crippen LogP contribution in [0.2, 0.25) is 0 Å². The number of fused-ring (bicyclic) bond motifs is 1. The highest BCUT2D eigenvalue weighted by atomic mass is 32.2. The first-order valence-electron chi connectivity index (χ1n) is 9.36. The van der Waals surface area contributed by atoms with Crippen molar-refractivity contribution >= 4 is 34.0 Å². The molecule has 1 aliphatic rings. The van der Waals surface area contributed by atoms with E-state index in [0.717, 1.165) is 45.9 Å². The van der Waals surface area contributed by atoms with Crippen LogP contribution in [0.3, 0.4) is 0 Å². The molecule has 4 aromatic heterocycles. The molecule has 6 rings (SSSR count). The fourth-order valence-corrected chi connectivity index (χ4v) is 4.90. The second-order valence-electron chi connectivity index (χ2n) is 6.97. The van der Waals surface area contributed by atoms with Crippen LogP contribution in [0.25, 0.3) is 33.7 Å². The van der Waals surface area contributed by atoms with Crippen LogP contribution >= 0.6 is 23.1 Å². The van der Waals surface area contributed by atoms with E-state index in [1.54, 1.807) is 23.1 Å². The molecule has 0 atom stereocenters. The number of benzene rings is 1. The summed E-state index contributed by atoms with van der Waals surface area (Å²) in [7, 11) is 0. The van der Waals surface area contributed by atoms with Crippen molar-refractivity contribution in [3.63, 3.8) is 0 Å². The Morgan fingerprint density at radius 2 is 2.14 bits per heavy atom. The van der Waals surface area contributed by atoms with Crippen molar-refractivity contribution < 1.29 is 4.52 Å². The van der Waals surface area contributed by atoms with E-state index >= 15 is 0 Å². The summed E-state index contributed by atoms with van der Waals surface area (Å²) in [5, 5.41) is 19.2. The molecule has 29 heavy (non-hydrogen) atoms. The zero-order chi connectivity index (χ0) is 19.2. The number of hydrogen-bond donors (Lipinski definition) is 1. The SMILES string of the molecule is c1ccc2c(-c3nnc(SCc4nc(-c5ccsc5)no4)n3C3CC3)c[nH]c2c1. The highest BCUT2D eigenvalue weighted by Gasteiger charge is 2.31. The standard InChI is InChI=1S/C20H16N6OS2/c1-2-4-16-14(3-1)15(9-21-16)19-23-24-20(26(19)13-5-6-13)29-11-17-22-18(25-27-17)12-7-8-28-10-12/h1-4,7-10,13,21H,5-6,11H2. The van der Waals surface area contributed by atoms with Crippen LogP contribution in [-0.2, 0) is 5.75 Å². The van der Waals surface area contributed by atoms with Crippen molar-refractivity contribution in [2.45, 2.75) is 29.8 Å². The third-order valence-corrected chi connectivity index (χ3v) is 6.59. The second kappa shape index (κ2) is 6.85. The predicted octanol–water partition coefficient (Wildman–Crippen LogP) is 5.17. The fraction of sp³-hybridized carbons (Fsp3) is 0.200. The van der Waals surface area contributed by atoms with E-state index in [1.165, 1.54) is 0 Å². The maximum atomic E-state index is 5.42. The molecule has 9 heteroatoms. The fourth-order valence-electron chi connectivity index (χ4n) is 3.43. The van der Waals surface area contributed by atoms with Gasteiger partial charge in [0.1, 0.15) is 0 Å². The Kier molecular flexibility index (Phi) is 4.02. The molecule has 0 bridgehead atoms. The Balaban J connectivity index is 1.29. The number of thioether (sulfide) groups is 1. The lowest BCUT2D eigenvalue weighted by molar-refractivity contribution is 0.391. The number of hydrogen-bond acceptors (Lipinski definition) is 7. The summed E-state index contributed by atoms with van der Waals surface area (Å²) >= 11 is 3.21. The Morgan fingerprint density at radius 1 is 1.21 bits per heavy atom. The minimum atomic E-state index is 0.459. The van der Waals surface area contributed by atoms with Gasteiger partial charge in [0.2, 0.25) is 11.7 Å². The molecule has 0 saturated heterocycles. The zero-order valence-corrected chi connectivity index (χ0v) is 16.9. The molecule has 0 aliphatic heterocycles. The van der Waals surface area contributed by atoms with Crippen molar-refractivity contribution in [3.05, 3.63) is 53.2 Å². The van der Waals surface area contributed by atoms with Gasteiger partial charge in [0.25, 0.3) is 0 Å². The highest BCUT2D eigenvalue weighted by molar-refractivity contribution is 7.98. The molecule has 0 spiro atoms. The Labute approximate surface area is 174 Å². The Morgan fingerprint density at radius 3 is 3.00 bits per heavy atom. The molecule has 0 unspecified atom stereocenters. The number of H-pyrrole nitrogens is 1. The molecule has 0 amide bonds. The van der Waals surface area contributed by atoms with Gasteiger partial charge in [-0.25, -0.2) is 0 Å². The molecule has 0 radical (unpaired) electrons. The third-order valence-electron chi connectivity index (χ3n) is 4.98. The van der Waals surface area contributed by atoms with Gasteiger partial charge in [-0.1, -0.05) is 35.1 Å². The largest absolute Gasteiger partial charge is 0.360 e. The maximum Gasteiger partial charge on any atom is 0.237 e. The zero-order valence-electron chi connectivity index (χ0n) is 15.3. The van der Waals surface area contributed by atoms with Crippen LogP contribution in [0.5, 0.6) is 0 Å². The smallest absolute Gasteiger partial charge is 0.237 e. The van der Waals surface area contributed by atoms with Crippen molar-refractivity contribution in [2.75, 3.05) is 0 Å². The van der Waals surface area contributed by atoms with Crippen LogP contribution in [0.15, 0.2) is 57.0 Å². The Bertz CT molecular complexity index is 1280. The first-order chi connectivity index (χ1) is 14.4. The molecular formula is C20H16N6OS2. The molecule has 1 N–H and O–H groups in total. The Hall–Kier alpha value is -2.91. The monoisotopic (exact) mass is 420 g/mol. The average Bonchev–Trinajstić information content (AvgIpc) is 3.22. The minimum Gasteiger partial charge on any atom is -0.360 e. The summed E-state index contributed by atoms with van der Waals surface area (Å²) < 4.78 is 7.68. The summed E-state index contributed by atoms with van der Waals surface area (Å²) in [5.74, 6) is 2.70. The van der Waals surface area contributed by atoms with Gasteiger partial charge in [-0.2, -0.15) is 16.3 Å². The van der Waals surface area contributed by atoms with Crippen molar-refractivity contribution in [2.24, 2.45) is 0 Å². The average molecular weight is 421 g/mol. The number of thiophene rings is 1. The van der Waals surface area contributed by atoms with E-state index in [-0.39, 0.29) is 0 Å². The lowest BCUT2D eigenvalue weighted by atomic mass is 10.1. The second-order valence-corrected chi connectivity index (χ2v) is 8.69. The topological polar surface area (TPSA) is 85.4 Å². The van der Waals surface area contributed by atoms with Crippen LogP contribution in [0.1, 0.15) is 24.8 Å². The molecular weight excluding hydrogens is 404 g/mol. The van der Waals surface area contributed by atoms with E-state index in [9.17, 15) is 0 Å². The van der Waals surface area contributed by atoms with Gasteiger partial charge < -0.3 is 9.51 Å². The molecule has 1 saturated carbocycles. The van der Waals surface area contributed by atoms with Crippen LogP contribution in [0.4, 0.5) is 0 Å².